The average Bonchev–Trinajstić information content (AvgIpc) is 3.29. The number of carboxylic acids is 1. The van der Waals surface area contributed by atoms with E-state index in [9.17, 15) is 33.9 Å². The Balaban J connectivity index is 2.94. The van der Waals surface area contributed by atoms with Gasteiger partial charge in [0.05, 0.1) is 12.4 Å². The van der Waals surface area contributed by atoms with E-state index < -0.39 is 65.6 Å². The lowest BCUT2D eigenvalue weighted by Crippen LogP contribution is -2.58. The summed E-state index contributed by atoms with van der Waals surface area (Å²) in [6.07, 6.45) is 2.00. The lowest BCUT2D eigenvalue weighted by Gasteiger charge is -2.27. The van der Waals surface area contributed by atoms with Gasteiger partial charge in [-0.3, -0.25) is 24.0 Å². The second-order valence-electron chi connectivity index (χ2n) is 8.59. The Labute approximate surface area is 207 Å². The molecule has 200 valence electrons. The van der Waals surface area contributed by atoms with Crippen molar-refractivity contribution in [2.45, 2.75) is 70.1 Å². The van der Waals surface area contributed by atoms with E-state index in [0.717, 1.165) is 0 Å². The van der Waals surface area contributed by atoms with E-state index in [4.69, 9.17) is 17.2 Å². The summed E-state index contributed by atoms with van der Waals surface area (Å²) in [7, 11) is 0. The van der Waals surface area contributed by atoms with Crippen LogP contribution in [0.4, 0.5) is 0 Å². The summed E-state index contributed by atoms with van der Waals surface area (Å²) in [6.45, 7) is 3.32. The van der Waals surface area contributed by atoms with Gasteiger partial charge in [-0.1, -0.05) is 13.8 Å². The van der Waals surface area contributed by atoms with Crippen molar-refractivity contribution < 1.29 is 33.9 Å². The van der Waals surface area contributed by atoms with Crippen LogP contribution in [-0.2, 0) is 35.2 Å². The molecule has 1 rings (SSSR count). The molecule has 0 aromatic carbocycles. The van der Waals surface area contributed by atoms with Crippen LogP contribution in [0, 0.1) is 5.92 Å². The Kier molecular flexibility index (Phi) is 12.0. The summed E-state index contributed by atoms with van der Waals surface area (Å²) in [4.78, 5) is 78.7. The van der Waals surface area contributed by atoms with E-state index in [-0.39, 0.29) is 32.1 Å². The third-order valence-corrected chi connectivity index (χ3v) is 5.18. The molecule has 0 bridgehead atoms. The number of amides is 5. The molecule has 0 saturated heterocycles. The fourth-order valence-electron chi connectivity index (χ4n) is 3.15. The first kappa shape index (κ1) is 30.0. The number of carboxylic acid groups (broad SMARTS) is 1. The molecule has 1 heterocycles. The molecule has 4 atom stereocenters. The van der Waals surface area contributed by atoms with Crippen LogP contribution in [0.15, 0.2) is 12.5 Å². The van der Waals surface area contributed by atoms with E-state index in [0.29, 0.717) is 5.69 Å². The predicted molar refractivity (Wildman–Crippen MR) is 125 cm³/mol. The van der Waals surface area contributed by atoms with Gasteiger partial charge in [-0.25, -0.2) is 9.78 Å². The van der Waals surface area contributed by atoms with Gasteiger partial charge in [0, 0.05) is 31.2 Å². The maximum absolute atomic E-state index is 13.0. The summed E-state index contributed by atoms with van der Waals surface area (Å²) in [5, 5.41) is 16.5. The molecule has 0 fully saturated rings. The third kappa shape index (κ3) is 10.5. The highest BCUT2D eigenvalue weighted by Crippen LogP contribution is 2.07. The number of H-pyrrole nitrogens is 1. The van der Waals surface area contributed by atoms with Crippen molar-refractivity contribution in [1.82, 2.24) is 25.9 Å². The molecule has 4 unspecified atom stereocenters. The minimum absolute atomic E-state index is 0.143. The second-order valence-corrected chi connectivity index (χ2v) is 8.59. The molecule has 1 aromatic rings. The Morgan fingerprint density at radius 1 is 0.917 bits per heavy atom. The summed E-state index contributed by atoms with van der Waals surface area (Å²) < 4.78 is 0. The number of carbonyl (C=O) groups is 6. The van der Waals surface area contributed by atoms with Gasteiger partial charge < -0.3 is 43.2 Å². The number of primary amides is 2. The molecule has 5 amide bonds. The first-order chi connectivity index (χ1) is 16.8. The van der Waals surface area contributed by atoms with Gasteiger partial charge in [0.2, 0.25) is 29.5 Å². The normalized spacial score (nSPS) is 14.2. The molecule has 0 aliphatic carbocycles. The van der Waals surface area contributed by atoms with E-state index in [1.165, 1.54) is 12.5 Å². The maximum atomic E-state index is 13.0. The van der Waals surface area contributed by atoms with E-state index >= 15 is 0 Å². The van der Waals surface area contributed by atoms with Crippen molar-refractivity contribution >= 4 is 35.5 Å². The zero-order valence-corrected chi connectivity index (χ0v) is 20.2. The van der Waals surface area contributed by atoms with Crippen molar-refractivity contribution in [2.75, 3.05) is 0 Å². The highest BCUT2D eigenvalue weighted by atomic mass is 16.4. The molecular formula is C21H34N8O7. The van der Waals surface area contributed by atoms with Crippen LogP contribution in [-0.4, -0.2) is 74.7 Å². The number of hydrogen-bond acceptors (Lipinski definition) is 8. The number of aromatic amines is 1. The summed E-state index contributed by atoms with van der Waals surface area (Å²) in [5.41, 5.74) is 16.7. The first-order valence-corrected chi connectivity index (χ1v) is 11.2. The number of nitrogens with one attached hydrogen (secondary N) is 4. The molecule has 0 saturated carbocycles. The summed E-state index contributed by atoms with van der Waals surface area (Å²) in [6, 6.07) is -4.90. The van der Waals surface area contributed by atoms with Gasteiger partial charge in [0.1, 0.15) is 18.1 Å². The Hall–Kier alpha value is -4.01. The molecule has 1 aromatic heterocycles. The zero-order chi connectivity index (χ0) is 27.4. The van der Waals surface area contributed by atoms with Crippen LogP contribution in [0.1, 0.15) is 45.2 Å². The molecule has 0 aliphatic rings. The molecule has 15 nitrogen and oxygen atoms in total. The summed E-state index contributed by atoms with van der Waals surface area (Å²) in [5.74, 6) is -5.61. The van der Waals surface area contributed by atoms with Crippen LogP contribution < -0.4 is 33.2 Å². The van der Waals surface area contributed by atoms with Crippen LogP contribution >= 0.6 is 0 Å². The van der Waals surface area contributed by atoms with Crippen molar-refractivity contribution in [2.24, 2.45) is 23.1 Å². The topological polar surface area (TPSA) is 265 Å². The van der Waals surface area contributed by atoms with Gasteiger partial charge in [-0.05, 0) is 18.8 Å². The number of hydrogen-bond donors (Lipinski definition) is 8. The standard InChI is InChI=1S/C21H34N8O7/c1-10(2)17(29-18(32)12(22)7-11-8-25-9-26-11)20(34)27-13(3-5-15(23)30)19(33)28-14(21(35)36)4-6-16(24)31/h8-10,12-14,17H,3-7,22H2,1-2H3,(H2,23,30)(H2,24,31)(H,25,26)(H,27,34)(H,28,33)(H,29,32)(H,35,36). The van der Waals surface area contributed by atoms with Crippen molar-refractivity contribution in [3.05, 3.63) is 18.2 Å². The second kappa shape index (κ2) is 14.4. The molecule has 0 radical (unpaired) electrons. The third-order valence-electron chi connectivity index (χ3n) is 5.18. The lowest BCUT2D eigenvalue weighted by atomic mass is 10.0. The zero-order valence-electron chi connectivity index (χ0n) is 20.2. The van der Waals surface area contributed by atoms with E-state index in [1.807, 2.05) is 0 Å². The molecule has 0 spiro atoms. The van der Waals surface area contributed by atoms with E-state index in [1.54, 1.807) is 13.8 Å². The number of rotatable bonds is 16. The number of aliphatic carboxylic acids is 1. The highest BCUT2D eigenvalue weighted by Gasteiger charge is 2.32. The first-order valence-electron chi connectivity index (χ1n) is 11.2. The Bertz CT molecular complexity index is 935. The fourth-order valence-corrected chi connectivity index (χ4v) is 3.15. The van der Waals surface area contributed by atoms with Gasteiger partial charge >= 0.3 is 5.97 Å². The number of nitrogens with zero attached hydrogens (tertiary/aromatic N) is 1. The smallest absolute Gasteiger partial charge is 0.326 e. The van der Waals surface area contributed by atoms with Gasteiger partial charge in [-0.15, -0.1) is 0 Å². The van der Waals surface area contributed by atoms with Gasteiger partial charge in [0.15, 0.2) is 0 Å². The van der Waals surface area contributed by atoms with Crippen molar-refractivity contribution in [1.29, 1.82) is 0 Å². The number of imidazole rings is 1. The maximum Gasteiger partial charge on any atom is 0.326 e. The Morgan fingerprint density at radius 3 is 1.94 bits per heavy atom. The predicted octanol–water partition coefficient (Wildman–Crippen LogP) is -2.99. The van der Waals surface area contributed by atoms with Crippen LogP contribution in [0.2, 0.25) is 0 Å². The van der Waals surface area contributed by atoms with Crippen molar-refractivity contribution in [3.8, 4) is 0 Å². The molecular weight excluding hydrogens is 476 g/mol. The highest BCUT2D eigenvalue weighted by molar-refractivity contribution is 5.94. The summed E-state index contributed by atoms with van der Waals surface area (Å²) >= 11 is 0. The lowest BCUT2D eigenvalue weighted by molar-refractivity contribution is -0.143. The fraction of sp³-hybridized carbons (Fsp3) is 0.571. The Morgan fingerprint density at radius 2 is 1.47 bits per heavy atom. The minimum Gasteiger partial charge on any atom is -0.480 e. The average molecular weight is 511 g/mol. The molecule has 0 aliphatic heterocycles. The minimum atomic E-state index is -1.46. The number of carbonyl (C=O) groups excluding carboxylic acids is 5. The van der Waals surface area contributed by atoms with Gasteiger partial charge in [-0.2, -0.15) is 0 Å². The number of aromatic nitrogens is 2. The largest absolute Gasteiger partial charge is 0.480 e. The molecule has 11 N–H and O–H groups in total. The van der Waals surface area contributed by atoms with Crippen molar-refractivity contribution in [3.63, 3.8) is 0 Å². The monoisotopic (exact) mass is 510 g/mol. The molecule has 36 heavy (non-hydrogen) atoms. The molecule has 15 heteroatoms. The SMILES string of the molecule is CC(C)C(NC(=O)C(N)Cc1cnc[nH]1)C(=O)NC(CCC(N)=O)C(=O)NC(CCC(N)=O)C(=O)O. The quantitative estimate of drug-likeness (QED) is 0.112. The number of nitrogens with two attached hydrogens (primary N) is 3. The van der Waals surface area contributed by atoms with Gasteiger partial charge in [0.25, 0.3) is 0 Å². The van der Waals surface area contributed by atoms with E-state index in [2.05, 4.69) is 25.9 Å². The van der Waals surface area contributed by atoms with Crippen LogP contribution in [0.3, 0.4) is 0 Å². The van der Waals surface area contributed by atoms with Crippen LogP contribution in [0.5, 0.6) is 0 Å². The van der Waals surface area contributed by atoms with Crippen LogP contribution in [0.25, 0.3) is 0 Å².